The number of benzene rings is 1. The van der Waals surface area contributed by atoms with Crippen molar-refractivity contribution in [2.45, 2.75) is 6.92 Å². The van der Waals surface area contributed by atoms with Crippen molar-refractivity contribution < 1.29 is 14.3 Å². The molecule has 5 heteroatoms. The number of hydrogen-bond donors (Lipinski definition) is 1. The maximum Gasteiger partial charge on any atom is 0.221 e. The Morgan fingerprint density at radius 1 is 1.32 bits per heavy atom. The molecular weight excluding hydrogens is 244 g/mol. The van der Waals surface area contributed by atoms with Crippen molar-refractivity contribution in [3.05, 3.63) is 48.3 Å². The first-order valence-electron chi connectivity index (χ1n) is 5.64. The minimum Gasteiger partial charge on any atom is -0.454 e. The predicted octanol–water partition coefficient (Wildman–Crippen LogP) is 2.64. The van der Waals surface area contributed by atoms with Crippen LogP contribution in [0.2, 0.25) is 0 Å². The van der Waals surface area contributed by atoms with Gasteiger partial charge in [-0.25, -0.2) is 0 Å². The molecule has 0 spiro atoms. The summed E-state index contributed by atoms with van der Waals surface area (Å²) in [4.78, 5) is 25.7. The van der Waals surface area contributed by atoms with E-state index >= 15 is 0 Å². The van der Waals surface area contributed by atoms with Crippen molar-refractivity contribution in [1.82, 2.24) is 4.98 Å². The first-order chi connectivity index (χ1) is 9.19. The molecule has 5 nitrogen and oxygen atoms in total. The van der Waals surface area contributed by atoms with E-state index in [2.05, 4.69) is 10.3 Å². The van der Waals surface area contributed by atoms with E-state index in [9.17, 15) is 9.59 Å². The Kier molecular flexibility index (Phi) is 3.87. The second-order valence-corrected chi connectivity index (χ2v) is 3.85. The molecule has 19 heavy (non-hydrogen) atoms. The fraction of sp³-hybridized carbons (Fsp3) is 0.0714. The molecule has 0 fully saturated rings. The molecule has 0 saturated carbocycles. The molecule has 1 aromatic carbocycles. The van der Waals surface area contributed by atoms with Crippen LogP contribution in [0.5, 0.6) is 11.5 Å². The van der Waals surface area contributed by atoms with Crippen LogP contribution in [0.25, 0.3) is 0 Å². The van der Waals surface area contributed by atoms with E-state index in [4.69, 9.17) is 4.74 Å². The number of anilines is 1. The van der Waals surface area contributed by atoms with Gasteiger partial charge in [-0.05, 0) is 18.2 Å². The molecule has 0 aliphatic carbocycles. The van der Waals surface area contributed by atoms with Crippen LogP contribution >= 0.6 is 0 Å². The number of ether oxygens (including phenoxy) is 1. The molecule has 2 aromatic rings. The lowest BCUT2D eigenvalue weighted by molar-refractivity contribution is -0.114. The van der Waals surface area contributed by atoms with E-state index in [0.717, 1.165) is 0 Å². The molecule has 1 heterocycles. The predicted molar refractivity (Wildman–Crippen MR) is 70.4 cm³/mol. The zero-order valence-corrected chi connectivity index (χ0v) is 10.3. The molecule has 0 saturated heterocycles. The van der Waals surface area contributed by atoms with Crippen molar-refractivity contribution in [3.63, 3.8) is 0 Å². The van der Waals surface area contributed by atoms with Gasteiger partial charge in [0.2, 0.25) is 5.91 Å². The molecule has 0 atom stereocenters. The van der Waals surface area contributed by atoms with Gasteiger partial charge in [0.15, 0.2) is 12.0 Å². The van der Waals surface area contributed by atoms with Crippen LogP contribution in [-0.2, 0) is 4.79 Å². The van der Waals surface area contributed by atoms with Crippen LogP contribution < -0.4 is 10.1 Å². The number of aromatic nitrogens is 1. The van der Waals surface area contributed by atoms with E-state index in [1.807, 2.05) is 0 Å². The number of hydrogen-bond acceptors (Lipinski definition) is 4. The normalized spacial score (nSPS) is 9.74. The lowest BCUT2D eigenvalue weighted by Crippen LogP contribution is -2.06. The summed E-state index contributed by atoms with van der Waals surface area (Å²) < 4.78 is 5.62. The highest BCUT2D eigenvalue weighted by Crippen LogP contribution is 2.28. The quantitative estimate of drug-likeness (QED) is 0.854. The Morgan fingerprint density at radius 2 is 2.11 bits per heavy atom. The van der Waals surface area contributed by atoms with Gasteiger partial charge in [0.05, 0.1) is 11.9 Å². The number of para-hydroxylation sites is 2. The summed E-state index contributed by atoms with van der Waals surface area (Å²) in [5, 5.41) is 2.67. The van der Waals surface area contributed by atoms with Crippen molar-refractivity contribution in [1.29, 1.82) is 0 Å². The highest BCUT2D eigenvalue weighted by molar-refractivity contribution is 5.90. The van der Waals surface area contributed by atoms with Crippen LogP contribution in [0.1, 0.15) is 17.3 Å². The largest absolute Gasteiger partial charge is 0.454 e. The SMILES string of the molecule is CC(=O)Nc1ccccc1Oc1cncc(C=O)c1. The Labute approximate surface area is 110 Å². The van der Waals surface area contributed by atoms with Gasteiger partial charge in [-0.15, -0.1) is 0 Å². The summed E-state index contributed by atoms with van der Waals surface area (Å²) in [7, 11) is 0. The third kappa shape index (κ3) is 3.38. The molecule has 1 amide bonds. The van der Waals surface area contributed by atoms with Gasteiger partial charge in [0, 0.05) is 18.7 Å². The first-order valence-corrected chi connectivity index (χ1v) is 5.64. The van der Waals surface area contributed by atoms with Gasteiger partial charge < -0.3 is 10.1 Å². The summed E-state index contributed by atoms with van der Waals surface area (Å²) in [6.45, 7) is 1.42. The molecule has 1 N–H and O–H groups in total. The number of rotatable bonds is 4. The maximum absolute atomic E-state index is 11.1. The van der Waals surface area contributed by atoms with Crippen molar-refractivity contribution >= 4 is 17.9 Å². The van der Waals surface area contributed by atoms with Crippen LogP contribution in [-0.4, -0.2) is 17.2 Å². The minimum atomic E-state index is -0.184. The van der Waals surface area contributed by atoms with Crippen LogP contribution in [0.4, 0.5) is 5.69 Å². The smallest absolute Gasteiger partial charge is 0.221 e. The molecule has 96 valence electrons. The van der Waals surface area contributed by atoms with Gasteiger partial charge >= 0.3 is 0 Å². The lowest BCUT2D eigenvalue weighted by atomic mass is 10.2. The van der Waals surface area contributed by atoms with Crippen molar-refractivity contribution in [2.24, 2.45) is 0 Å². The van der Waals surface area contributed by atoms with E-state index < -0.39 is 0 Å². The molecule has 1 aromatic heterocycles. The maximum atomic E-state index is 11.1. The molecule has 0 bridgehead atoms. The van der Waals surface area contributed by atoms with E-state index in [-0.39, 0.29) is 5.91 Å². The van der Waals surface area contributed by atoms with E-state index in [1.54, 1.807) is 30.3 Å². The van der Waals surface area contributed by atoms with Gasteiger partial charge in [0.1, 0.15) is 5.75 Å². The molecule has 0 radical (unpaired) electrons. The molecule has 0 aliphatic heterocycles. The minimum absolute atomic E-state index is 0.184. The lowest BCUT2D eigenvalue weighted by Gasteiger charge is -2.11. The highest BCUT2D eigenvalue weighted by Gasteiger charge is 2.06. The van der Waals surface area contributed by atoms with Gasteiger partial charge in [-0.3, -0.25) is 14.6 Å². The van der Waals surface area contributed by atoms with E-state index in [0.29, 0.717) is 29.0 Å². The van der Waals surface area contributed by atoms with Gasteiger partial charge in [-0.2, -0.15) is 0 Å². The molecule has 0 aliphatic rings. The third-order valence-corrected chi connectivity index (χ3v) is 2.30. The number of carbonyl (C=O) groups excluding carboxylic acids is 2. The monoisotopic (exact) mass is 256 g/mol. The Hall–Kier alpha value is -2.69. The topological polar surface area (TPSA) is 68.3 Å². The summed E-state index contributed by atoms with van der Waals surface area (Å²) in [6, 6.07) is 8.60. The van der Waals surface area contributed by atoms with E-state index in [1.165, 1.54) is 19.3 Å². The van der Waals surface area contributed by atoms with Crippen molar-refractivity contribution in [3.8, 4) is 11.5 Å². The molecule has 0 unspecified atom stereocenters. The number of pyridine rings is 1. The standard InChI is InChI=1S/C14H12N2O3/c1-10(18)16-13-4-2-3-5-14(13)19-12-6-11(9-17)7-15-8-12/h2-9H,1H3,(H,16,18). The average Bonchev–Trinajstić information content (AvgIpc) is 2.41. The zero-order chi connectivity index (χ0) is 13.7. The Morgan fingerprint density at radius 3 is 2.84 bits per heavy atom. The van der Waals surface area contributed by atoms with Gasteiger partial charge in [0.25, 0.3) is 0 Å². The summed E-state index contributed by atoms with van der Waals surface area (Å²) >= 11 is 0. The number of amides is 1. The average molecular weight is 256 g/mol. The summed E-state index contributed by atoms with van der Waals surface area (Å²) in [5.74, 6) is 0.737. The molecule has 2 rings (SSSR count). The van der Waals surface area contributed by atoms with Crippen LogP contribution in [0.3, 0.4) is 0 Å². The molecular formula is C14H12N2O3. The fourth-order valence-electron chi connectivity index (χ4n) is 1.53. The zero-order valence-electron chi connectivity index (χ0n) is 10.3. The second kappa shape index (κ2) is 5.77. The van der Waals surface area contributed by atoms with Crippen LogP contribution in [0, 0.1) is 0 Å². The number of aldehydes is 1. The highest BCUT2D eigenvalue weighted by atomic mass is 16.5. The summed E-state index contributed by atoms with van der Waals surface area (Å²) in [6.07, 6.45) is 3.64. The summed E-state index contributed by atoms with van der Waals surface area (Å²) in [5.41, 5.74) is 0.987. The number of nitrogens with one attached hydrogen (secondary N) is 1. The number of carbonyl (C=O) groups is 2. The number of nitrogens with zero attached hydrogens (tertiary/aromatic N) is 1. The Balaban J connectivity index is 2.27. The Bertz CT molecular complexity index is 611. The second-order valence-electron chi connectivity index (χ2n) is 3.85. The third-order valence-electron chi connectivity index (χ3n) is 2.30. The van der Waals surface area contributed by atoms with Gasteiger partial charge in [-0.1, -0.05) is 12.1 Å². The fourth-order valence-corrected chi connectivity index (χ4v) is 1.53. The first kappa shape index (κ1) is 12.8. The van der Waals surface area contributed by atoms with Crippen LogP contribution in [0.15, 0.2) is 42.7 Å². The van der Waals surface area contributed by atoms with Crippen molar-refractivity contribution in [2.75, 3.05) is 5.32 Å².